The Bertz CT molecular complexity index is 404. The number of nitrogens with two attached hydrogens (primary N) is 1. The van der Waals surface area contributed by atoms with Gasteiger partial charge in [0.05, 0.1) is 6.42 Å². The number of carboxylic acids is 1. The zero-order chi connectivity index (χ0) is 12.3. The van der Waals surface area contributed by atoms with Crippen molar-refractivity contribution in [3.63, 3.8) is 0 Å². The summed E-state index contributed by atoms with van der Waals surface area (Å²) in [7, 11) is 0. The van der Waals surface area contributed by atoms with Crippen LogP contribution in [0.15, 0.2) is 12.1 Å². The van der Waals surface area contributed by atoms with E-state index in [-0.39, 0.29) is 18.9 Å². The normalized spacial score (nSPS) is 12.5. The van der Waals surface area contributed by atoms with Crippen LogP contribution < -0.4 is 5.73 Å². The molecule has 0 bridgehead atoms. The molecule has 0 aliphatic carbocycles. The number of hydrogen-bond donors (Lipinski definition) is 2. The molecule has 0 heterocycles. The van der Waals surface area contributed by atoms with Gasteiger partial charge in [-0.05, 0) is 43.1 Å². The van der Waals surface area contributed by atoms with E-state index in [1.54, 1.807) is 6.07 Å². The maximum absolute atomic E-state index is 10.8. The van der Waals surface area contributed by atoms with Gasteiger partial charge in [-0.3, -0.25) is 4.79 Å². The van der Waals surface area contributed by atoms with Crippen molar-refractivity contribution in [1.82, 2.24) is 0 Å². The van der Waals surface area contributed by atoms with Gasteiger partial charge in [0.1, 0.15) is 0 Å². The number of rotatable bonds is 4. The molecular formula is C12H16ClNO2. The summed E-state index contributed by atoms with van der Waals surface area (Å²) < 4.78 is 0. The summed E-state index contributed by atoms with van der Waals surface area (Å²) in [4.78, 5) is 10.8. The lowest BCUT2D eigenvalue weighted by atomic mass is 9.90. The fourth-order valence-corrected chi connectivity index (χ4v) is 2.18. The van der Waals surface area contributed by atoms with Gasteiger partial charge in [0, 0.05) is 10.9 Å². The van der Waals surface area contributed by atoms with Crippen molar-refractivity contribution >= 4 is 17.6 Å². The summed E-state index contributed by atoms with van der Waals surface area (Å²) in [6, 6.07) is 3.72. The number of aryl methyl sites for hydroxylation is 1. The fraction of sp³-hybridized carbons (Fsp3) is 0.417. The van der Waals surface area contributed by atoms with Gasteiger partial charge in [-0.1, -0.05) is 17.7 Å². The van der Waals surface area contributed by atoms with Crippen LogP contribution in [0.3, 0.4) is 0 Å². The largest absolute Gasteiger partial charge is 0.481 e. The number of benzene rings is 1. The van der Waals surface area contributed by atoms with E-state index in [0.717, 1.165) is 16.7 Å². The highest BCUT2D eigenvalue weighted by molar-refractivity contribution is 6.31. The summed E-state index contributed by atoms with van der Waals surface area (Å²) in [5.74, 6) is -1.07. The van der Waals surface area contributed by atoms with E-state index in [1.165, 1.54) is 0 Å². The monoisotopic (exact) mass is 241 g/mol. The lowest BCUT2D eigenvalue weighted by molar-refractivity contribution is -0.137. The second kappa shape index (κ2) is 5.32. The van der Waals surface area contributed by atoms with Crippen molar-refractivity contribution < 1.29 is 9.90 Å². The first kappa shape index (κ1) is 13.0. The van der Waals surface area contributed by atoms with Gasteiger partial charge >= 0.3 is 5.97 Å². The summed E-state index contributed by atoms with van der Waals surface area (Å²) in [6.07, 6.45) is 0.0144. The Balaban J connectivity index is 3.18. The molecule has 1 atom stereocenters. The number of carbonyl (C=O) groups is 1. The molecule has 3 nitrogen and oxygen atoms in total. The average Bonchev–Trinajstić information content (AvgIpc) is 2.22. The Morgan fingerprint density at radius 2 is 2.12 bits per heavy atom. The maximum atomic E-state index is 10.8. The quantitative estimate of drug-likeness (QED) is 0.851. The third kappa shape index (κ3) is 2.74. The Kier molecular flexibility index (Phi) is 4.33. The molecule has 4 heteroatoms. The predicted molar refractivity (Wildman–Crippen MR) is 65.0 cm³/mol. The van der Waals surface area contributed by atoms with Gasteiger partial charge in [-0.15, -0.1) is 0 Å². The molecule has 0 aromatic heterocycles. The van der Waals surface area contributed by atoms with Crippen LogP contribution in [-0.2, 0) is 4.79 Å². The van der Waals surface area contributed by atoms with Gasteiger partial charge in [-0.2, -0.15) is 0 Å². The number of hydrogen-bond acceptors (Lipinski definition) is 2. The molecule has 16 heavy (non-hydrogen) atoms. The third-order valence-corrected chi connectivity index (χ3v) is 3.18. The van der Waals surface area contributed by atoms with Crippen molar-refractivity contribution in [2.75, 3.05) is 6.54 Å². The van der Waals surface area contributed by atoms with Gasteiger partial charge < -0.3 is 10.8 Å². The van der Waals surface area contributed by atoms with Crippen LogP contribution in [0, 0.1) is 13.8 Å². The molecule has 1 rings (SSSR count). The molecule has 1 unspecified atom stereocenters. The zero-order valence-electron chi connectivity index (χ0n) is 9.46. The minimum atomic E-state index is -0.854. The van der Waals surface area contributed by atoms with E-state index in [4.69, 9.17) is 22.4 Å². The summed E-state index contributed by atoms with van der Waals surface area (Å²) in [5.41, 5.74) is 8.62. The van der Waals surface area contributed by atoms with Crippen LogP contribution in [0.2, 0.25) is 5.02 Å². The summed E-state index contributed by atoms with van der Waals surface area (Å²) in [5, 5.41) is 9.43. The Labute approximate surface area is 100 Å². The molecular weight excluding hydrogens is 226 g/mol. The van der Waals surface area contributed by atoms with Crippen molar-refractivity contribution in [2.45, 2.75) is 26.2 Å². The molecule has 0 spiro atoms. The second-order valence-electron chi connectivity index (χ2n) is 3.93. The van der Waals surface area contributed by atoms with Gasteiger partial charge in [-0.25, -0.2) is 0 Å². The molecule has 0 radical (unpaired) electrons. The highest BCUT2D eigenvalue weighted by Crippen LogP contribution is 2.31. The first-order valence-corrected chi connectivity index (χ1v) is 5.52. The molecule has 3 N–H and O–H groups in total. The molecule has 88 valence electrons. The van der Waals surface area contributed by atoms with Crippen LogP contribution >= 0.6 is 11.6 Å². The van der Waals surface area contributed by atoms with E-state index in [2.05, 4.69) is 0 Å². The molecule has 0 amide bonds. The van der Waals surface area contributed by atoms with E-state index in [9.17, 15) is 4.79 Å². The van der Waals surface area contributed by atoms with Crippen LogP contribution in [0.5, 0.6) is 0 Å². The van der Waals surface area contributed by atoms with E-state index >= 15 is 0 Å². The maximum Gasteiger partial charge on any atom is 0.304 e. The summed E-state index contributed by atoms with van der Waals surface area (Å²) >= 11 is 6.11. The predicted octanol–water partition coefficient (Wildman–Crippen LogP) is 2.47. The van der Waals surface area contributed by atoms with E-state index in [0.29, 0.717) is 5.02 Å². The highest BCUT2D eigenvalue weighted by Gasteiger charge is 2.19. The van der Waals surface area contributed by atoms with E-state index in [1.807, 2.05) is 19.9 Å². The third-order valence-electron chi connectivity index (χ3n) is 2.85. The first-order chi connectivity index (χ1) is 7.47. The Morgan fingerprint density at radius 3 is 2.62 bits per heavy atom. The lowest BCUT2D eigenvalue weighted by Gasteiger charge is -2.18. The number of aliphatic carboxylic acids is 1. The highest BCUT2D eigenvalue weighted by atomic mass is 35.5. The Morgan fingerprint density at radius 1 is 1.50 bits per heavy atom. The fourth-order valence-electron chi connectivity index (χ4n) is 1.82. The van der Waals surface area contributed by atoms with Crippen LogP contribution in [0.4, 0.5) is 0 Å². The van der Waals surface area contributed by atoms with Crippen molar-refractivity contribution in [3.05, 3.63) is 33.8 Å². The van der Waals surface area contributed by atoms with Crippen molar-refractivity contribution in [3.8, 4) is 0 Å². The lowest BCUT2D eigenvalue weighted by Crippen LogP contribution is -2.18. The summed E-state index contributed by atoms with van der Waals surface area (Å²) in [6.45, 7) is 4.21. The smallest absolute Gasteiger partial charge is 0.304 e. The molecule has 0 fully saturated rings. The van der Waals surface area contributed by atoms with Gasteiger partial charge in [0.2, 0.25) is 0 Å². The van der Waals surface area contributed by atoms with Crippen LogP contribution in [0.1, 0.15) is 29.0 Å². The van der Waals surface area contributed by atoms with E-state index < -0.39 is 5.97 Å². The zero-order valence-corrected chi connectivity index (χ0v) is 10.2. The minimum absolute atomic E-state index is 0.0144. The number of halogens is 1. The molecule has 0 aliphatic heterocycles. The molecule has 1 aromatic carbocycles. The number of carboxylic acid groups (broad SMARTS) is 1. The first-order valence-electron chi connectivity index (χ1n) is 5.14. The topological polar surface area (TPSA) is 63.3 Å². The van der Waals surface area contributed by atoms with Crippen LogP contribution in [0.25, 0.3) is 0 Å². The average molecular weight is 242 g/mol. The molecule has 1 aromatic rings. The van der Waals surface area contributed by atoms with Gasteiger partial charge in [0.15, 0.2) is 0 Å². The van der Waals surface area contributed by atoms with Crippen molar-refractivity contribution in [2.24, 2.45) is 5.73 Å². The van der Waals surface area contributed by atoms with Crippen molar-refractivity contribution in [1.29, 1.82) is 0 Å². The van der Waals surface area contributed by atoms with Gasteiger partial charge in [0.25, 0.3) is 0 Å². The second-order valence-corrected chi connectivity index (χ2v) is 4.34. The Hall–Kier alpha value is -1.06. The standard InChI is InChI=1S/C12H16ClNO2/c1-7-3-4-10(13)12(8(7)2)9(6-14)5-11(15)16/h3-4,9H,5-6,14H2,1-2H3,(H,15,16). The van der Waals surface area contributed by atoms with Crippen LogP contribution in [-0.4, -0.2) is 17.6 Å². The molecule has 0 aliphatic rings. The molecule has 0 saturated heterocycles. The SMILES string of the molecule is Cc1ccc(Cl)c(C(CN)CC(=O)O)c1C. The minimum Gasteiger partial charge on any atom is -0.481 e. The molecule has 0 saturated carbocycles.